The zero-order valence-corrected chi connectivity index (χ0v) is 9.96. The zero-order valence-electron chi connectivity index (χ0n) is 8.96. The molecule has 0 saturated heterocycles. The van der Waals surface area contributed by atoms with Crippen LogP contribution in [0.4, 0.5) is 4.39 Å². The maximum absolute atomic E-state index is 12.4. The van der Waals surface area contributed by atoms with E-state index in [4.69, 9.17) is 4.74 Å². The lowest BCUT2D eigenvalue weighted by Gasteiger charge is -2.15. The van der Waals surface area contributed by atoms with Crippen LogP contribution in [-0.4, -0.2) is 24.2 Å². The van der Waals surface area contributed by atoms with E-state index in [-0.39, 0.29) is 0 Å². The Morgan fingerprint density at radius 3 is 2.71 bits per heavy atom. The van der Waals surface area contributed by atoms with Gasteiger partial charge in [-0.1, -0.05) is 19.6 Å². The lowest BCUT2D eigenvalue weighted by molar-refractivity contribution is 0.0869. The Balaban J connectivity index is 2.16. The van der Waals surface area contributed by atoms with E-state index in [1.54, 1.807) is 4.57 Å². The van der Waals surface area contributed by atoms with E-state index in [2.05, 4.69) is 24.6 Å². The van der Waals surface area contributed by atoms with E-state index >= 15 is 0 Å². The monoisotopic (exact) mass is 216 g/mol. The highest BCUT2D eigenvalue weighted by atomic mass is 28.3. The van der Waals surface area contributed by atoms with Crippen molar-refractivity contribution in [1.82, 2.24) is 9.55 Å². The summed E-state index contributed by atoms with van der Waals surface area (Å²) in [6.45, 7) is 8.03. The zero-order chi connectivity index (χ0) is 10.6. The predicted molar refractivity (Wildman–Crippen MR) is 56.3 cm³/mol. The topological polar surface area (TPSA) is 27.1 Å². The van der Waals surface area contributed by atoms with Crippen LogP contribution in [0, 0.1) is 5.95 Å². The van der Waals surface area contributed by atoms with Crippen molar-refractivity contribution in [2.24, 2.45) is 0 Å². The van der Waals surface area contributed by atoms with Gasteiger partial charge in [-0.15, -0.1) is 0 Å². The minimum absolute atomic E-state index is 0.390. The second-order valence-corrected chi connectivity index (χ2v) is 10.2. The largest absolute Gasteiger partial charge is 0.361 e. The van der Waals surface area contributed by atoms with Gasteiger partial charge in [0.05, 0.1) is 12.5 Å². The molecule has 0 fully saturated rings. The summed E-state index contributed by atoms with van der Waals surface area (Å²) in [5.41, 5.74) is 0. The van der Waals surface area contributed by atoms with Crippen LogP contribution in [0.25, 0.3) is 0 Å². The Bertz CT molecular complexity index is 283. The molecular weight excluding hydrogens is 199 g/mol. The molecule has 0 aliphatic rings. The molecule has 0 aliphatic carbocycles. The normalized spacial score (nSPS) is 12.0. The van der Waals surface area contributed by atoms with E-state index in [9.17, 15) is 4.39 Å². The number of halogens is 1. The lowest BCUT2D eigenvalue weighted by Crippen LogP contribution is -2.21. The molecule has 0 N–H and O–H groups in total. The third-order valence-corrected chi connectivity index (χ3v) is 3.54. The highest BCUT2D eigenvalue weighted by Gasteiger charge is 2.11. The quantitative estimate of drug-likeness (QED) is 0.558. The maximum Gasteiger partial charge on any atom is 0.230 e. The lowest BCUT2D eigenvalue weighted by atomic mass is 10.8. The predicted octanol–water partition coefficient (Wildman–Crippen LogP) is 2.33. The summed E-state index contributed by atoms with van der Waals surface area (Å²) in [5, 5.41) is 0. The molecule has 0 aromatic carbocycles. The van der Waals surface area contributed by atoms with Gasteiger partial charge in [-0.2, -0.15) is 4.39 Å². The van der Waals surface area contributed by atoms with Crippen LogP contribution in [-0.2, 0) is 11.5 Å². The first-order chi connectivity index (χ1) is 6.47. The first-order valence-corrected chi connectivity index (χ1v) is 8.43. The molecule has 0 aliphatic heterocycles. The molecule has 14 heavy (non-hydrogen) atoms. The van der Waals surface area contributed by atoms with Crippen molar-refractivity contribution in [2.45, 2.75) is 32.4 Å². The summed E-state index contributed by atoms with van der Waals surface area (Å²) < 4.78 is 19.4. The SMILES string of the molecule is C[Si](C)(C)CCOCn1cnc(F)c1. The van der Waals surface area contributed by atoms with Gasteiger partial charge in [0.15, 0.2) is 0 Å². The summed E-state index contributed by atoms with van der Waals surface area (Å²) in [5.74, 6) is -0.459. The van der Waals surface area contributed by atoms with E-state index in [1.807, 2.05) is 0 Å². The summed E-state index contributed by atoms with van der Waals surface area (Å²) in [7, 11) is -1.01. The van der Waals surface area contributed by atoms with Gasteiger partial charge in [-0.25, -0.2) is 4.98 Å². The molecule has 0 atom stereocenters. The molecule has 0 bridgehead atoms. The van der Waals surface area contributed by atoms with Crippen molar-refractivity contribution >= 4 is 8.07 Å². The third kappa shape index (κ3) is 4.52. The molecule has 5 heteroatoms. The first kappa shape index (κ1) is 11.4. The minimum atomic E-state index is -1.01. The molecule has 1 aromatic rings. The van der Waals surface area contributed by atoms with Crippen LogP contribution in [0.1, 0.15) is 0 Å². The van der Waals surface area contributed by atoms with Crippen LogP contribution in [0.2, 0.25) is 25.7 Å². The molecule has 1 rings (SSSR count). The van der Waals surface area contributed by atoms with E-state index in [1.165, 1.54) is 12.5 Å². The molecule has 80 valence electrons. The van der Waals surface area contributed by atoms with Gasteiger partial charge in [0.1, 0.15) is 6.73 Å². The van der Waals surface area contributed by atoms with Gasteiger partial charge in [0, 0.05) is 14.7 Å². The fourth-order valence-corrected chi connectivity index (χ4v) is 1.71. The van der Waals surface area contributed by atoms with Crippen LogP contribution in [0.15, 0.2) is 12.5 Å². The second kappa shape index (κ2) is 4.70. The van der Waals surface area contributed by atoms with E-state index in [0.717, 1.165) is 12.7 Å². The molecule has 0 amide bonds. The van der Waals surface area contributed by atoms with Crippen molar-refractivity contribution in [2.75, 3.05) is 6.61 Å². The van der Waals surface area contributed by atoms with Gasteiger partial charge in [-0.05, 0) is 6.04 Å². The van der Waals surface area contributed by atoms with Crippen molar-refractivity contribution < 1.29 is 9.13 Å². The number of hydrogen-bond acceptors (Lipinski definition) is 2. The summed E-state index contributed by atoms with van der Waals surface area (Å²) in [4.78, 5) is 3.47. The van der Waals surface area contributed by atoms with Crippen LogP contribution in [0.5, 0.6) is 0 Å². The van der Waals surface area contributed by atoms with Gasteiger partial charge in [0.25, 0.3) is 0 Å². The number of imidazole rings is 1. The van der Waals surface area contributed by atoms with E-state index in [0.29, 0.717) is 6.73 Å². The molecule has 1 aromatic heterocycles. The summed E-state index contributed by atoms with van der Waals surface area (Å²) >= 11 is 0. The number of rotatable bonds is 5. The number of hydrogen-bond donors (Lipinski definition) is 0. The van der Waals surface area contributed by atoms with Gasteiger partial charge >= 0.3 is 0 Å². The Morgan fingerprint density at radius 1 is 1.50 bits per heavy atom. The molecule has 0 radical (unpaired) electrons. The molecule has 1 heterocycles. The number of aromatic nitrogens is 2. The number of nitrogens with zero attached hydrogens (tertiary/aromatic N) is 2. The highest BCUT2D eigenvalue weighted by Crippen LogP contribution is 2.07. The van der Waals surface area contributed by atoms with Crippen molar-refractivity contribution in [3.05, 3.63) is 18.5 Å². The van der Waals surface area contributed by atoms with Crippen molar-refractivity contribution in [1.29, 1.82) is 0 Å². The first-order valence-electron chi connectivity index (χ1n) is 4.72. The Kier molecular flexibility index (Phi) is 3.83. The smallest absolute Gasteiger partial charge is 0.230 e. The average molecular weight is 216 g/mol. The van der Waals surface area contributed by atoms with Crippen LogP contribution in [0.3, 0.4) is 0 Å². The Hall–Kier alpha value is -0.683. The minimum Gasteiger partial charge on any atom is -0.361 e. The Morgan fingerprint density at radius 2 is 2.21 bits per heavy atom. The standard InChI is InChI=1S/C9H17FN2OSi/c1-14(2,3)5-4-13-8-12-6-9(10)11-7-12/h6-7H,4-5,8H2,1-3H3. The van der Waals surface area contributed by atoms with Crippen molar-refractivity contribution in [3.8, 4) is 0 Å². The highest BCUT2D eigenvalue weighted by molar-refractivity contribution is 6.76. The van der Waals surface area contributed by atoms with Gasteiger partial charge in [-0.3, -0.25) is 0 Å². The summed E-state index contributed by atoms with van der Waals surface area (Å²) in [6, 6.07) is 1.13. The van der Waals surface area contributed by atoms with Crippen LogP contribution < -0.4 is 0 Å². The average Bonchev–Trinajstić information content (AvgIpc) is 2.44. The maximum atomic E-state index is 12.4. The van der Waals surface area contributed by atoms with Gasteiger partial charge < -0.3 is 9.30 Å². The fourth-order valence-electron chi connectivity index (χ4n) is 0.952. The third-order valence-electron chi connectivity index (χ3n) is 1.84. The second-order valence-electron chi connectivity index (χ2n) is 4.56. The molecule has 3 nitrogen and oxygen atoms in total. The molecule has 0 unspecified atom stereocenters. The summed E-state index contributed by atoms with van der Waals surface area (Å²) in [6.07, 6.45) is 2.76. The number of ether oxygens (including phenoxy) is 1. The fraction of sp³-hybridized carbons (Fsp3) is 0.667. The Labute approximate surface area is 84.9 Å². The van der Waals surface area contributed by atoms with Crippen LogP contribution >= 0.6 is 0 Å². The molecule has 0 spiro atoms. The molecular formula is C9H17FN2OSi. The van der Waals surface area contributed by atoms with Gasteiger partial charge in [0.2, 0.25) is 5.95 Å². The van der Waals surface area contributed by atoms with E-state index < -0.39 is 14.0 Å². The molecule has 0 saturated carbocycles. The van der Waals surface area contributed by atoms with Crippen molar-refractivity contribution in [3.63, 3.8) is 0 Å².